The number of para-hydroxylation sites is 1. The average molecular weight is 549 g/mol. The minimum absolute atomic E-state index is 0.00962. The molecule has 1 unspecified atom stereocenters. The molecule has 2 amide bonds. The third-order valence-electron chi connectivity index (χ3n) is 8.14. The Bertz CT molecular complexity index is 1460. The van der Waals surface area contributed by atoms with Crippen LogP contribution in [0.2, 0.25) is 0 Å². The van der Waals surface area contributed by atoms with E-state index in [1.807, 2.05) is 23.0 Å². The van der Waals surface area contributed by atoms with Crippen LogP contribution in [0.1, 0.15) is 61.0 Å². The van der Waals surface area contributed by atoms with E-state index in [0.29, 0.717) is 17.4 Å². The molecule has 1 aromatic carbocycles. The van der Waals surface area contributed by atoms with Gasteiger partial charge in [-0.1, -0.05) is 16.8 Å². The zero-order valence-electron chi connectivity index (χ0n) is 22.2. The van der Waals surface area contributed by atoms with Crippen LogP contribution in [0.4, 0.5) is 21.6 Å². The molecule has 2 saturated carbocycles. The van der Waals surface area contributed by atoms with E-state index in [-0.39, 0.29) is 35.6 Å². The molecule has 2 aliphatic heterocycles. The molecule has 1 saturated heterocycles. The summed E-state index contributed by atoms with van der Waals surface area (Å²) < 4.78 is 27.8. The van der Waals surface area contributed by atoms with Crippen LogP contribution in [0.5, 0.6) is 5.75 Å². The number of methoxy groups -OCH3 is 1. The number of primary amides is 1. The Balaban J connectivity index is 1.23. The lowest BCUT2D eigenvalue weighted by Gasteiger charge is -2.45. The summed E-state index contributed by atoms with van der Waals surface area (Å²) in [4.78, 5) is 24.2. The van der Waals surface area contributed by atoms with Crippen LogP contribution >= 0.6 is 0 Å². The van der Waals surface area contributed by atoms with Gasteiger partial charge in [-0.15, -0.1) is 10.2 Å². The van der Waals surface area contributed by atoms with Gasteiger partial charge >= 0.3 is 0 Å². The number of hydrogen-bond donors (Lipinski definition) is 3. The van der Waals surface area contributed by atoms with E-state index in [9.17, 15) is 14.0 Å². The number of rotatable bonds is 9. The Morgan fingerprint density at radius 1 is 1.25 bits per heavy atom. The Hall–Kier alpha value is -4.19. The van der Waals surface area contributed by atoms with Gasteiger partial charge in [0.15, 0.2) is 23.4 Å². The maximum Gasteiger partial charge on any atom is 0.271 e. The molecule has 1 aromatic heterocycles. The molecule has 208 valence electrons. The zero-order chi connectivity index (χ0) is 27.9. The highest BCUT2D eigenvalue weighted by Crippen LogP contribution is 2.49. The van der Waals surface area contributed by atoms with Gasteiger partial charge in [-0.25, -0.2) is 4.39 Å². The van der Waals surface area contributed by atoms with Gasteiger partial charge in [0.2, 0.25) is 6.20 Å². The number of benzene rings is 1. The van der Waals surface area contributed by atoms with E-state index in [0.717, 1.165) is 43.4 Å². The normalized spacial score (nSPS) is 25.0. The molecule has 2 atom stereocenters. The average Bonchev–Trinajstić information content (AvgIpc) is 3.31. The van der Waals surface area contributed by atoms with Crippen molar-refractivity contribution in [3.8, 4) is 5.75 Å². The van der Waals surface area contributed by atoms with Crippen LogP contribution in [0, 0.1) is 5.92 Å². The summed E-state index contributed by atoms with van der Waals surface area (Å²) in [7, 11) is 1.54. The number of carbonyl (C=O) groups is 2. The van der Waals surface area contributed by atoms with Crippen molar-refractivity contribution in [1.29, 1.82) is 0 Å². The smallest absolute Gasteiger partial charge is 0.271 e. The number of halogens is 1. The predicted octanol–water partition coefficient (Wildman–Crippen LogP) is 3.54. The molecule has 2 aliphatic carbocycles. The SMILES string of the molecule is COc1c(Nc2cc(NC(=O)C3(F)CC3)nnc2C(N)=O)cccc1C1=C/[N+](=C/CC2CC[C@]23CCCO3)N=C1. The quantitative estimate of drug-likeness (QED) is 0.407. The highest BCUT2D eigenvalue weighted by Gasteiger charge is 2.51. The van der Waals surface area contributed by atoms with Gasteiger partial charge in [0, 0.05) is 24.7 Å². The first kappa shape index (κ1) is 26.1. The Morgan fingerprint density at radius 3 is 2.77 bits per heavy atom. The molecule has 12 heteroatoms. The maximum absolute atomic E-state index is 14.1. The number of carbonyl (C=O) groups excluding carboxylic acids is 2. The number of nitrogens with one attached hydrogen (secondary N) is 2. The minimum Gasteiger partial charge on any atom is -0.494 e. The first-order chi connectivity index (χ1) is 19.3. The second-order valence-electron chi connectivity index (χ2n) is 10.7. The van der Waals surface area contributed by atoms with Crippen LogP contribution in [-0.2, 0) is 9.53 Å². The summed E-state index contributed by atoms with van der Waals surface area (Å²) in [6.45, 7) is 0.858. The van der Waals surface area contributed by atoms with Crippen LogP contribution in [0.15, 0.2) is 35.6 Å². The summed E-state index contributed by atoms with van der Waals surface area (Å²) in [5, 5.41) is 17.7. The molecule has 11 nitrogen and oxygen atoms in total. The first-order valence-corrected chi connectivity index (χ1v) is 13.4. The lowest BCUT2D eigenvalue weighted by molar-refractivity contribution is -0.453. The van der Waals surface area contributed by atoms with Gasteiger partial charge < -0.3 is 25.8 Å². The van der Waals surface area contributed by atoms with Crippen LogP contribution in [0.3, 0.4) is 0 Å². The second-order valence-corrected chi connectivity index (χ2v) is 10.7. The third kappa shape index (κ3) is 4.83. The summed E-state index contributed by atoms with van der Waals surface area (Å²) in [5.74, 6) is -0.605. The highest BCUT2D eigenvalue weighted by molar-refractivity contribution is 6.12. The van der Waals surface area contributed by atoms with E-state index < -0.39 is 17.5 Å². The monoisotopic (exact) mass is 548 g/mol. The highest BCUT2D eigenvalue weighted by atomic mass is 19.1. The van der Waals surface area contributed by atoms with Gasteiger partial charge in [-0.2, -0.15) is 0 Å². The van der Waals surface area contributed by atoms with Gasteiger partial charge in [0.05, 0.1) is 29.7 Å². The van der Waals surface area contributed by atoms with E-state index >= 15 is 0 Å². The van der Waals surface area contributed by atoms with Crippen molar-refractivity contribution in [1.82, 2.24) is 10.2 Å². The van der Waals surface area contributed by atoms with Crippen LogP contribution < -0.4 is 21.1 Å². The summed E-state index contributed by atoms with van der Waals surface area (Å²) in [5.41, 5.74) is 5.86. The molecule has 0 radical (unpaired) electrons. The number of nitrogens with zero attached hydrogens (tertiary/aromatic N) is 4. The standard InChI is InChI=1S/C28H30FN7O4/c1-39-24-19(17-15-31-36(16-17)12-7-18-6-9-28(18)8-3-13-40-28)4-2-5-20(24)32-21-14-22(34-35-23(21)25(30)37)33-26(38)27(29)10-11-27/h2,4-5,12,14-16,18H,3,6-11,13H2,1H3,(H3-,30,32,33,34,37,38)/p+1/b36-12-/t18?,28-/m1/s1. The molecule has 0 bridgehead atoms. The molecule has 40 heavy (non-hydrogen) atoms. The first-order valence-electron chi connectivity index (χ1n) is 13.4. The Kier molecular flexibility index (Phi) is 6.57. The van der Waals surface area contributed by atoms with Gasteiger partial charge in [-0.3, -0.25) is 9.59 Å². The van der Waals surface area contributed by atoms with Crippen LogP contribution in [-0.4, -0.2) is 64.1 Å². The maximum atomic E-state index is 14.1. The number of hydrogen-bond acceptors (Lipinski definition) is 8. The summed E-state index contributed by atoms with van der Waals surface area (Å²) in [6, 6.07) is 6.89. The summed E-state index contributed by atoms with van der Waals surface area (Å²) >= 11 is 0. The fraction of sp³-hybridized carbons (Fsp3) is 0.429. The van der Waals surface area contributed by atoms with E-state index in [2.05, 4.69) is 32.1 Å². The fourth-order valence-corrected chi connectivity index (χ4v) is 5.58. The molecule has 2 aromatic rings. The van der Waals surface area contributed by atoms with Gasteiger partial charge in [-0.05, 0) is 55.6 Å². The number of amides is 2. The zero-order valence-corrected chi connectivity index (χ0v) is 22.2. The molecule has 3 fully saturated rings. The Morgan fingerprint density at radius 2 is 2.10 bits per heavy atom. The molecule has 1 spiro atoms. The number of anilines is 3. The van der Waals surface area contributed by atoms with E-state index in [1.54, 1.807) is 19.4 Å². The van der Waals surface area contributed by atoms with Crippen molar-refractivity contribution in [3.63, 3.8) is 0 Å². The molecular formula is C28H31FN7O4+. The third-order valence-corrected chi connectivity index (χ3v) is 8.14. The van der Waals surface area contributed by atoms with Crippen molar-refractivity contribution in [2.45, 2.75) is 56.2 Å². The predicted molar refractivity (Wildman–Crippen MR) is 147 cm³/mol. The molecule has 6 rings (SSSR count). The lowest BCUT2D eigenvalue weighted by atomic mass is 9.66. The molecular weight excluding hydrogens is 517 g/mol. The van der Waals surface area contributed by atoms with Crippen molar-refractivity contribution < 1.29 is 28.1 Å². The molecule has 4 N–H and O–H groups in total. The van der Waals surface area contributed by atoms with Crippen LogP contribution in [0.25, 0.3) is 5.57 Å². The van der Waals surface area contributed by atoms with E-state index in [4.69, 9.17) is 15.2 Å². The van der Waals surface area contributed by atoms with Crippen molar-refractivity contribution in [2.75, 3.05) is 24.4 Å². The van der Waals surface area contributed by atoms with Crippen molar-refractivity contribution in [2.24, 2.45) is 16.8 Å². The number of allylic oxidation sites excluding steroid dienone is 1. The fourth-order valence-electron chi connectivity index (χ4n) is 5.58. The van der Waals surface area contributed by atoms with E-state index in [1.165, 1.54) is 12.5 Å². The number of hydrazone groups is 1. The molecule has 4 aliphatic rings. The summed E-state index contributed by atoms with van der Waals surface area (Å²) in [6.07, 6.45) is 11.6. The topological polar surface area (TPSA) is 144 Å². The van der Waals surface area contributed by atoms with Crippen molar-refractivity contribution in [3.05, 3.63) is 41.7 Å². The minimum atomic E-state index is -1.89. The van der Waals surface area contributed by atoms with Gasteiger partial charge in [0.25, 0.3) is 11.8 Å². The second kappa shape index (κ2) is 10.1. The number of aromatic nitrogens is 2. The lowest BCUT2D eigenvalue weighted by Crippen LogP contribution is -2.46. The number of alkyl halides is 1. The largest absolute Gasteiger partial charge is 0.494 e. The van der Waals surface area contributed by atoms with Crippen molar-refractivity contribution >= 4 is 47.0 Å². The number of nitrogens with two attached hydrogens (primary N) is 1. The van der Waals surface area contributed by atoms with Gasteiger partial charge in [0.1, 0.15) is 12.0 Å². The molecule has 3 heterocycles. The Labute approximate surface area is 230 Å². The number of ether oxygens (including phenoxy) is 2.